The molecule has 0 unspecified atom stereocenters. The fraction of sp³-hybridized carbons (Fsp3) is 0.133. The number of imidazole rings is 1. The highest BCUT2D eigenvalue weighted by atomic mass is 16.4. The smallest absolute Gasteiger partial charge is 0.356 e. The highest BCUT2D eigenvalue weighted by Crippen LogP contribution is 2.19. The molecule has 0 radical (unpaired) electrons. The number of hydrogen-bond donors (Lipinski definition) is 2. The quantitative estimate of drug-likeness (QED) is 0.768. The van der Waals surface area contributed by atoms with Crippen LogP contribution in [-0.2, 0) is 6.54 Å². The van der Waals surface area contributed by atoms with Gasteiger partial charge in [0.2, 0.25) is 0 Å². The number of rotatable bonds is 4. The van der Waals surface area contributed by atoms with E-state index in [-0.39, 0.29) is 5.69 Å². The van der Waals surface area contributed by atoms with Crippen LogP contribution in [0.2, 0.25) is 0 Å². The Labute approximate surface area is 121 Å². The lowest BCUT2D eigenvalue weighted by Crippen LogP contribution is -2.08. The number of carboxylic acid groups (broad SMARTS) is 1. The van der Waals surface area contributed by atoms with E-state index < -0.39 is 5.97 Å². The summed E-state index contributed by atoms with van der Waals surface area (Å²) in [6, 6.07) is 7.28. The fourth-order valence-electron chi connectivity index (χ4n) is 2.18. The molecule has 3 aromatic rings. The van der Waals surface area contributed by atoms with E-state index in [2.05, 4.69) is 15.3 Å². The maximum absolute atomic E-state index is 11.5. The SMILES string of the molecule is Cc1ccncc1CNc1nc2ccccn2c1C(=O)O. The number of hydrogen-bond acceptors (Lipinski definition) is 4. The van der Waals surface area contributed by atoms with Crippen molar-refractivity contribution in [1.29, 1.82) is 0 Å². The number of aryl methyl sites for hydroxylation is 1. The fourth-order valence-corrected chi connectivity index (χ4v) is 2.18. The first kappa shape index (κ1) is 13.1. The lowest BCUT2D eigenvalue weighted by Gasteiger charge is -2.07. The highest BCUT2D eigenvalue weighted by Gasteiger charge is 2.18. The monoisotopic (exact) mass is 282 g/mol. The summed E-state index contributed by atoms with van der Waals surface area (Å²) in [4.78, 5) is 19.9. The van der Waals surface area contributed by atoms with E-state index in [1.807, 2.05) is 19.1 Å². The first-order chi connectivity index (χ1) is 10.2. The van der Waals surface area contributed by atoms with Crippen LogP contribution in [0.1, 0.15) is 21.6 Å². The molecule has 0 aliphatic rings. The van der Waals surface area contributed by atoms with Crippen LogP contribution in [0.3, 0.4) is 0 Å². The summed E-state index contributed by atoms with van der Waals surface area (Å²) in [5, 5.41) is 12.5. The van der Waals surface area contributed by atoms with E-state index in [1.54, 1.807) is 35.1 Å². The van der Waals surface area contributed by atoms with Crippen molar-refractivity contribution < 1.29 is 9.90 Å². The second-order valence-corrected chi connectivity index (χ2v) is 4.70. The number of aromatic carboxylic acids is 1. The van der Waals surface area contributed by atoms with Crippen LogP contribution < -0.4 is 5.32 Å². The van der Waals surface area contributed by atoms with E-state index in [0.717, 1.165) is 11.1 Å². The number of carboxylic acids is 1. The Morgan fingerprint density at radius 1 is 1.38 bits per heavy atom. The number of nitrogens with zero attached hydrogens (tertiary/aromatic N) is 3. The summed E-state index contributed by atoms with van der Waals surface area (Å²) in [6.45, 7) is 2.46. The van der Waals surface area contributed by atoms with Crippen molar-refractivity contribution in [2.75, 3.05) is 5.32 Å². The Morgan fingerprint density at radius 3 is 3.00 bits per heavy atom. The maximum atomic E-state index is 11.5. The van der Waals surface area contributed by atoms with E-state index in [0.29, 0.717) is 18.0 Å². The van der Waals surface area contributed by atoms with Crippen molar-refractivity contribution >= 4 is 17.4 Å². The van der Waals surface area contributed by atoms with Crippen molar-refractivity contribution in [1.82, 2.24) is 14.4 Å². The minimum atomic E-state index is -1.01. The zero-order valence-electron chi connectivity index (χ0n) is 11.4. The van der Waals surface area contributed by atoms with Gasteiger partial charge in [-0.15, -0.1) is 0 Å². The second kappa shape index (κ2) is 5.24. The topological polar surface area (TPSA) is 79.5 Å². The molecular formula is C15H14N4O2. The molecule has 0 spiro atoms. The van der Waals surface area contributed by atoms with Crippen LogP contribution in [0, 0.1) is 6.92 Å². The largest absolute Gasteiger partial charge is 0.476 e. The predicted molar refractivity (Wildman–Crippen MR) is 78.5 cm³/mol. The van der Waals surface area contributed by atoms with Gasteiger partial charge in [0.1, 0.15) is 5.65 Å². The Kier molecular flexibility index (Phi) is 3.27. The van der Waals surface area contributed by atoms with Crippen molar-refractivity contribution in [3.8, 4) is 0 Å². The number of pyridine rings is 2. The summed E-state index contributed by atoms with van der Waals surface area (Å²) in [7, 11) is 0. The Morgan fingerprint density at radius 2 is 2.24 bits per heavy atom. The van der Waals surface area contributed by atoms with E-state index in [4.69, 9.17) is 0 Å². The Bertz CT molecular complexity index is 810. The third kappa shape index (κ3) is 2.43. The molecule has 0 bridgehead atoms. The van der Waals surface area contributed by atoms with Gasteiger partial charge in [-0.05, 0) is 36.2 Å². The van der Waals surface area contributed by atoms with Crippen LogP contribution in [-0.4, -0.2) is 25.4 Å². The van der Waals surface area contributed by atoms with Crippen molar-refractivity contribution in [3.63, 3.8) is 0 Å². The molecule has 21 heavy (non-hydrogen) atoms. The molecule has 0 saturated heterocycles. The first-order valence-corrected chi connectivity index (χ1v) is 6.50. The molecule has 3 rings (SSSR count). The average Bonchev–Trinajstić information content (AvgIpc) is 2.85. The molecule has 0 amide bonds. The lowest BCUT2D eigenvalue weighted by atomic mass is 10.1. The van der Waals surface area contributed by atoms with Gasteiger partial charge >= 0.3 is 5.97 Å². The van der Waals surface area contributed by atoms with Gasteiger partial charge in [0.25, 0.3) is 0 Å². The van der Waals surface area contributed by atoms with Gasteiger partial charge in [-0.1, -0.05) is 6.07 Å². The molecule has 3 aromatic heterocycles. The van der Waals surface area contributed by atoms with Gasteiger partial charge in [0, 0.05) is 25.1 Å². The summed E-state index contributed by atoms with van der Waals surface area (Å²) in [5.41, 5.74) is 2.83. The first-order valence-electron chi connectivity index (χ1n) is 6.50. The van der Waals surface area contributed by atoms with Crippen LogP contribution >= 0.6 is 0 Å². The van der Waals surface area contributed by atoms with Gasteiger partial charge in [-0.3, -0.25) is 9.38 Å². The molecule has 0 saturated carbocycles. The van der Waals surface area contributed by atoms with Gasteiger partial charge < -0.3 is 10.4 Å². The maximum Gasteiger partial charge on any atom is 0.356 e. The molecule has 6 heteroatoms. The standard InChI is InChI=1S/C15H14N4O2/c1-10-5-6-16-8-11(10)9-17-14-13(15(20)21)19-7-3-2-4-12(19)18-14/h2-8,17H,9H2,1H3,(H,20,21). The number of fused-ring (bicyclic) bond motifs is 1. The van der Waals surface area contributed by atoms with E-state index in [9.17, 15) is 9.90 Å². The molecule has 0 aliphatic carbocycles. The molecule has 2 N–H and O–H groups in total. The summed E-state index contributed by atoms with van der Waals surface area (Å²) in [5.74, 6) is -0.656. The van der Waals surface area contributed by atoms with Crippen LogP contribution in [0.15, 0.2) is 42.9 Å². The number of aromatic nitrogens is 3. The van der Waals surface area contributed by atoms with Crippen molar-refractivity contribution in [3.05, 3.63) is 59.7 Å². The van der Waals surface area contributed by atoms with Gasteiger partial charge in [0.15, 0.2) is 11.5 Å². The Hall–Kier alpha value is -2.89. The van der Waals surface area contributed by atoms with Gasteiger partial charge in [-0.25, -0.2) is 9.78 Å². The second-order valence-electron chi connectivity index (χ2n) is 4.70. The normalized spacial score (nSPS) is 10.7. The van der Waals surface area contributed by atoms with Crippen LogP contribution in [0.4, 0.5) is 5.82 Å². The molecule has 0 fully saturated rings. The zero-order valence-corrected chi connectivity index (χ0v) is 11.4. The molecule has 6 nitrogen and oxygen atoms in total. The molecular weight excluding hydrogens is 268 g/mol. The third-order valence-corrected chi connectivity index (χ3v) is 3.33. The van der Waals surface area contributed by atoms with Gasteiger partial charge in [0.05, 0.1) is 0 Å². The Balaban J connectivity index is 1.95. The van der Waals surface area contributed by atoms with Gasteiger partial charge in [-0.2, -0.15) is 0 Å². The van der Waals surface area contributed by atoms with Crippen LogP contribution in [0.5, 0.6) is 0 Å². The molecule has 106 valence electrons. The summed E-state index contributed by atoms with van der Waals surface area (Å²) < 4.78 is 1.56. The number of nitrogens with one attached hydrogen (secondary N) is 1. The van der Waals surface area contributed by atoms with E-state index >= 15 is 0 Å². The number of carbonyl (C=O) groups is 1. The summed E-state index contributed by atoms with van der Waals surface area (Å²) in [6.07, 6.45) is 5.18. The molecule has 3 heterocycles. The molecule has 0 atom stereocenters. The van der Waals surface area contributed by atoms with Crippen LogP contribution in [0.25, 0.3) is 5.65 Å². The average molecular weight is 282 g/mol. The summed E-state index contributed by atoms with van der Waals surface area (Å²) >= 11 is 0. The molecule has 0 aromatic carbocycles. The van der Waals surface area contributed by atoms with E-state index in [1.165, 1.54) is 0 Å². The molecule has 0 aliphatic heterocycles. The van der Waals surface area contributed by atoms with Crippen molar-refractivity contribution in [2.45, 2.75) is 13.5 Å². The third-order valence-electron chi connectivity index (χ3n) is 3.33. The zero-order chi connectivity index (χ0) is 14.8. The minimum Gasteiger partial charge on any atom is -0.476 e. The highest BCUT2D eigenvalue weighted by molar-refractivity contribution is 5.92. The lowest BCUT2D eigenvalue weighted by molar-refractivity contribution is 0.0690. The minimum absolute atomic E-state index is 0.132. The number of anilines is 1. The van der Waals surface area contributed by atoms with Crippen molar-refractivity contribution in [2.24, 2.45) is 0 Å². The predicted octanol–water partition coefficient (Wildman–Crippen LogP) is 2.35.